The van der Waals surface area contributed by atoms with Crippen LogP contribution in [0.1, 0.15) is 42.2 Å². The van der Waals surface area contributed by atoms with Crippen LogP contribution in [0.25, 0.3) is 5.82 Å². The van der Waals surface area contributed by atoms with Gasteiger partial charge >= 0.3 is 0 Å². The molecule has 8 heteroatoms. The van der Waals surface area contributed by atoms with Gasteiger partial charge in [0.2, 0.25) is 0 Å². The topological polar surface area (TPSA) is 69.0 Å². The maximum atomic E-state index is 12.7. The third-order valence-corrected chi connectivity index (χ3v) is 4.75. The van der Waals surface area contributed by atoms with Crippen molar-refractivity contribution in [1.82, 2.24) is 20.1 Å². The van der Waals surface area contributed by atoms with Gasteiger partial charge in [0.1, 0.15) is 5.75 Å². The molecule has 0 radical (unpaired) electrons. The monoisotopic (exact) mass is 432 g/mol. The molecule has 0 bridgehead atoms. The Hall–Kier alpha value is -2.57. The molecule has 29 heavy (non-hydrogen) atoms. The van der Waals surface area contributed by atoms with Crippen LogP contribution in [-0.4, -0.2) is 33.8 Å². The number of ether oxygens (including phenoxy) is 1. The molecule has 0 atom stereocenters. The second kappa shape index (κ2) is 9.76. The van der Waals surface area contributed by atoms with Crippen molar-refractivity contribution in [2.24, 2.45) is 0 Å². The molecule has 0 unspecified atom stereocenters. The molecule has 0 saturated carbocycles. The van der Waals surface area contributed by atoms with Gasteiger partial charge < -0.3 is 10.1 Å². The van der Waals surface area contributed by atoms with E-state index in [2.05, 4.69) is 15.4 Å². The summed E-state index contributed by atoms with van der Waals surface area (Å²) in [5.41, 5.74) is 1.37. The number of aromatic nitrogens is 3. The van der Waals surface area contributed by atoms with E-state index in [0.29, 0.717) is 46.7 Å². The normalized spacial score (nSPS) is 10.9. The van der Waals surface area contributed by atoms with Crippen LogP contribution < -0.4 is 10.1 Å². The minimum Gasteiger partial charge on any atom is -0.492 e. The Kier molecular flexibility index (Phi) is 7.12. The third kappa shape index (κ3) is 5.28. The van der Waals surface area contributed by atoms with Crippen LogP contribution in [0.5, 0.6) is 5.75 Å². The molecule has 3 rings (SSSR count). The highest BCUT2D eigenvalue weighted by atomic mass is 35.5. The van der Waals surface area contributed by atoms with E-state index in [0.717, 1.165) is 5.69 Å². The molecule has 1 aromatic carbocycles. The van der Waals surface area contributed by atoms with E-state index < -0.39 is 0 Å². The molecule has 152 valence electrons. The lowest BCUT2D eigenvalue weighted by Crippen LogP contribution is -2.26. The minimum absolute atomic E-state index is 0.107. The molecule has 3 aromatic rings. The summed E-state index contributed by atoms with van der Waals surface area (Å²) in [5.74, 6) is 1.20. The van der Waals surface area contributed by atoms with Crippen LogP contribution in [0.3, 0.4) is 0 Å². The van der Waals surface area contributed by atoms with E-state index in [1.54, 1.807) is 35.3 Å². The zero-order chi connectivity index (χ0) is 20.8. The number of nitrogens with one attached hydrogen (secondary N) is 1. The molecular weight excluding hydrogens is 411 g/mol. The van der Waals surface area contributed by atoms with Gasteiger partial charge in [0.15, 0.2) is 5.82 Å². The van der Waals surface area contributed by atoms with Crippen LogP contribution in [0.4, 0.5) is 0 Å². The average molecular weight is 433 g/mol. The fourth-order valence-electron chi connectivity index (χ4n) is 2.89. The summed E-state index contributed by atoms with van der Waals surface area (Å²) in [6, 6.07) is 10.7. The standard InChI is InChI=1S/C21H22Cl2N4O2/c1-14(2)20-16(13-26-27(20)19-6-3-4-9-24-19)21(28)25-10-5-11-29-18-8-7-15(22)12-17(18)23/h3-4,6-9,12-14H,5,10-11H2,1-2H3,(H,25,28). The molecule has 0 saturated heterocycles. The number of pyridine rings is 1. The second-order valence-electron chi connectivity index (χ2n) is 6.73. The Bertz CT molecular complexity index is 974. The Labute approximate surface area is 179 Å². The maximum absolute atomic E-state index is 12.7. The van der Waals surface area contributed by atoms with Crippen molar-refractivity contribution in [3.63, 3.8) is 0 Å². The van der Waals surface area contributed by atoms with Gasteiger partial charge in [-0.3, -0.25) is 4.79 Å². The molecule has 0 fully saturated rings. The van der Waals surface area contributed by atoms with Gasteiger partial charge in [-0.1, -0.05) is 43.1 Å². The maximum Gasteiger partial charge on any atom is 0.254 e. The number of hydrogen-bond donors (Lipinski definition) is 1. The van der Waals surface area contributed by atoms with E-state index in [1.165, 1.54) is 0 Å². The Morgan fingerprint density at radius 1 is 1.24 bits per heavy atom. The average Bonchev–Trinajstić information content (AvgIpc) is 3.15. The van der Waals surface area contributed by atoms with Gasteiger partial charge in [0, 0.05) is 17.8 Å². The summed E-state index contributed by atoms with van der Waals surface area (Å²) in [4.78, 5) is 17.0. The minimum atomic E-state index is -0.166. The van der Waals surface area contributed by atoms with Gasteiger partial charge in [-0.05, 0) is 42.7 Å². The fraction of sp³-hybridized carbons (Fsp3) is 0.286. The van der Waals surface area contributed by atoms with Crippen molar-refractivity contribution >= 4 is 29.1 Å². The lowest BCUT2D eigenvalue weighted by molar-refractivity contribution is 0.0950. The molecule has 1 N–H and O–H groups in total. The SMILES string of the molecule is CC(C)c1c(C(=O)NCCCOc2ccc(Cl)cc2Cl)cnn1-c1ccccn1. The number of benzene rings is 1. The predicted octanol–water partition coefficient (Wildman–Crippen LogP) is 4.90. The molecule has 0 aliphatic heterocycles. The zero-order valence-corrected chi connectivity index (χ0v) is 17.7. The van der Waals surface area contributed by atoms with E-state index in [1.807, 2.05) is 32.0 Å². The highest BCUT2D eigenvalue weighted by Gasteiger charge is 2.21. The van der Waals surface area contributed by atoms with E-state index in [9.17, 15) is 4.79 Å². The number of hydrogen-bond acceptors (Lipinski definition) is 4. The van der Waals surface area contributed by atoms with Crippen LogP contribution in [0, 0.1) is 0 Å². The quantitative estimate of drug-likeness (QED) is 0.514. The number of carbonyl (C=O) groups excluding carboxylic acids is 1. The first-order valence-corrected chi connectivity index (χ1v) is 10.1. The third-order valence-electron chi connectivity index (χ3n) is 4.22. The van der Waals surface area contributed by atoms with Gasteiger partial charge in [-0.25, -0.2) is 9.67 Å². The molecule has 0 aliphatic carbocycles. The van der Waals surface area contributed by atoms with Crippen molar-refractivity contribution in [3.8, 4) is 11.6 Å². The Morgan fingerprint density at radius 3 is 2.76 bits per heavy atom. The molecule has 0 aliphatic rings. The van der Waals surface area contributed by atoms with Crippen molar-refractivity contribution in [2.45, 2.75) is 26.2 Å². The molecule has 1 amide bonds. The second-order valence-corrected chi connectivity index (χ2v) is 7.57. The van der Waals surface area contributed by atoms with E-state index in [4.69, 9.17) is 27.9 Å². The summed E-state index contributed by atoms with van der Waals surface area (Å²) >= 11 is 12.0. The molecular formula is C21H22Cl2N4O2. The van der Waals surface area contributed by atoms with Crippen molar-refractivity contribution in [2.75, 3.05) is 13.2 Å². The number of rotatable bonds is 8. The van der Waals surface area contributed by atoms with Gasteiger partial charge in [-0.2, -0.15) is 5.10 Å². The summed E-state index contributed by atoms with van der Waals surface area (Å²) in [6.07, 6.45) is 3.92. The summed E-state index contributed by atoms with van der Waals surface area (Å²) in [7, 11) is 0. The van der Waals surface area contributed by atoms with E-state index in [-0.39, 0.29) is 11.8 Å². The van der Waals surface area contributed by atoms with Crippen LogP contribution in [-0.2, 0) is 0 Å². The fourth-order valence-corrected chi connectivity index (χ4v) is 3.36. The smallest absolute Gasteiger partial charge is 0.254 e. The zero-order valence-electron chi connectivity index (χ0n) is 16.2. The molecule has 2 heterocycles. The largest absolute Gasteiger partial charge is 0.492 e. The Balaban J connectivity index is 1.57. The first-order chi connectivity index (χ1) is 14.0. The van der Waals surface area contributed by atoms with Crippen LogP contribution in [0.15, 0.2) is 48.8 Å². The van der Waals surface area contributed by atoms with Crippen molar-refractivity contribution in [1.29, 1.82) is 0 Å². The van der Waals surface area contributed by atoms with Crippen molar-refractivity contribution < 1.29 is 9.53 Å². The number of amides is 1. The predicted molar refractivity (Wildman–Crippen MR) is 114 cm³/mol. The lowest BCUT2D eigenvalue weighted by atomic mass is 10.1. The molecule has 2 aromatic heterocycles. The van der Waals surface area contributed by atoms with Gasteiger partial charge in [0.25, 0.3) is 5.91 Å². The summed E-state index contributed by atoms with van der Waals surface area (Å²) in [6.45, 7) is 4.94. The molecule has 0 spiro atoms. The molecule has 6 nitrogen and oxygen atoms in total. The van der Waals surface area contributed by atoms with E-state index >= 15 is 0 Å². The highest BCUT2D eigenvalue weighted by molar-refractivity contribution is 6.35. The van der Waals surface area contributed by atoms with Crippen molar-refractivity contribution in [3.05, 3.63) is 70.1 Å². The number of nitrogens with zero attached hydrogens (tertiary/aromatic N) is 3. The highest BCUT2D eigenvalue weighted by Crippen LogP contribution is 2.27. The van der Waals surface area contributed by atoms with Gasteiger partial charge in [-0.15, -0.1) is 0 Å². The van der Waals surface area contributed by atoms with Crippen LogP contribution >= 0.6 is 23.2 Å². The van der Waals surface area contributed by atoms with Gasteiger partial charge in [0.05, 0.1) is 29.1 Å². The first-order valence-electron chi connectivity index (χ1n) is 9.32. The first kappa shape index (κ1) is 21.1. The Morgan fingerprint density at radius 2 is 2.07 bits per heavy atom. The lowest BCUT2D eigenvalue weighted by Gasteiger charge is -2.12. The summed E-state index contributed by atoms with van der Waals surface area (Å²) in [5, 5.41) is 8.32. The number of carbonyl (C=O) groups is 1. The summed E-state index contributed by atoms with van der Waals surface area (Å²) < 4.78 is 7.35. The number of halogens is 2. The van der Waals surface area contributed by atoms with Crippen LogP contribution in [0.2, 0.25) is 10.0 Å².